The number of hydrogen-bond acceptors (Lipinski definition) is 5. The zero-order chi connectivity index (χ0) is 18.4. The fraction of sp³-hybridized carbons (Fsp3) is 0.684. The van der Waals surface area contributed by atoms with Gasteiger partial charge in [-0.3, -0.25) is 9.69 Å². The lowest BCUT2D eigenvalue weighted by atomic mass is 9.86. The van der Waals surface area contributed by atoms with Gasteiger partial charge in [0.1, 0.15) is 5.82 Å². The average molecular weight is 348 g/mol. The largest absolute Gasteiger partial charge is 0.395 e. The molecule has 1 saturated heterocycles. The number of anilines is 2. The Kier molecular flexibility index (Phi) is 6.79. The number of aromatic nitrogens is 1. The third kappa shape index (κ3) is 5.68. The monoisotopic (exact) mass is 348 g/mol. The summed E-state index contributed by atoms with van der Waals surface area (Å²) in [5.74, 6) is 0.876. The maximum Gasteiger partial charge on any atom is 0.238 e. The summed E-state index contributed by atoms with van der Waals surface area (Å²) in [4.78, 5) is 21.0. The van der Waals surface area contributed by atoms with E-state index in [0.29, 0.717) is 5.69 Å². The molecule has 1 atom stereocenters. The van der Waals surface area contributed by atoms with E-state index in [2.05, 4.69) is 36.0 Å². The molecule has 1 aliphatic rings. The molecular formula is C19H32N4O2. The number of piperidine rings is 1. The number of aliphatic hydroxyl groups is 1. The van der Waals surface area contributed by atoms with Crippen LogP contribution in [0.3, 0.4) is 0 Å². The second-order valence-corrected chi connectivity index (χ2v) is 7.98. The summed E-state index contributed by atoms with van der Waals surface area (Å²) < 4.78 is 0. The Morgan fingerprint density at radius 1 is 1.32 bits per heavy atom. The first-order valence-electron chi connectivity index (χ1n) is 9.13. The van der Waals surface area contributed by atoms with Crippen LogP contribution in [0.15, 0.2) is 18.3 Å². The van der Waals surface area contributed by atoms with Gasteiger partial charge in [0.15, 0.2) is 0 Å². The van der Waals surface area contributed by atoms with Crippen LogP contribution in [0.4, 0.5) is 11.5 Å². The summed E-state index contributed by atoms with van der Waals surface area (Å²) in [6.45, 7) is 8.55. The number of hydrogen-bond donors (Lipinski definition) is 2. The van der Waals surface area contributed by atoms with Crippen molar-refractivity contribution >= 4 is 17.4 Å². The van der Waals surface area contributed by atoms with Crippen LogP contribution in [-0.2, 0) is 4.79 Å². The minimum absolute atomic E-state index is 0.0272. The van der Waals surface area contributed by atoms with Gasteiger partial charge < -0.3 is 15.3 Å². The van der Waals surface area contributed by atoms with E-state index in [9.17, 15) is 9.90 Å². The van der Waals surface area contributed by atoms with Crippen LogP contribution in [0, 0.1) is 5.41 Å². The van der Waals surface area contributed by atoms with Crippen molar-refractivity contribution in [3.05, 3.63) is 18.3 Å². The molecule has 0 aromatic carbocycles. The van der Waals surface area contributed by atoms with Crippen LogP contribution in [0.5, 0.6) is 0 Å². The van der Waals surface area contributed by atoms with E-state index in [4.69, 9.17) is 0 Å². The minimum atomic E-state index is -0.0993. The molecule has 25 heavy (non-hydrogen) atoms. The molecule has 1 amide bonds. The van der Waals surface area contributed by atoms with Crippen molar-refractivity contribution in [1.29, 1.82) is 0 Å². The van der Waals surface area contributed by atoms with E-state index < -0.39 is 0 Å². The van der Waals surface area contributed by atoms with Crippen molar-refractivity contribution in [1.82, 2.24) is 9.88 Å². The number of likely N-dealkylation sites (N-methyl/N-ethyl adjacent to an activating group) is 1. The van der Waals surface area contributed by atoms with Crippen molar-refractivity contribution in [3.8, 4) is 0 Å². The second kappa shape index (κ2) is 8.63. The zero-order valence-corrected chi connectivity index (χ0v) is 16.0. The van der Waals surface area contributed by atoms with Crippen molar-refractivity contribution < 1.29 is 9.90 Å². The highest BCUT2D eigenvalue weighted by atomic mass is 16.3. The van der Waals surface area contributed by atoms with Gasteiger partial charge in [-0.1, -0.05) is 20.8 Å². The Morgan fingerprint density at radius 3 is 2.52 bits per heavy atom. The lowest BCUT2D eigenvalue weighted by Gasteiger charge is -2.36. The standard InChI is InChI=1S/C19H32N4O2/c1-19(2,3)16(14-24)22(4)13-18(25)21-15-8-9-17(20-12-15)23-10-6-5-7-11-23/h8-9,12,16,24H,5-7,10-11,13-14H2,1-4H3,(H,21,25). The number of carbonyl (C=O) groups is 1. The highest BCUT2D eigenvalue weighted by Crippen LogP contribution is 2.23. The highest BCUT2D eigenvalue weighted by Gasteiger charge is 2.28. The summed E-state index contributed by atoms with van der Waals surface area (Å²) in [5, 5.41) is 12.5. The van der Waals surface area contributed by atoms with Crippen LogP contribution in [-0.4, -0.2) is 60.2 Å². The first kappa shape index (κ1) is 19.7. The van der Waals surface area contributed by atoms with Crippen LogP contribution >= 0.6 is 0 Å². The molecule has 2 rings (SSSR count). The minimum Gasteiger partial charge on any atom is -0.395 e. The van der Waals surface area contributed by atoms with Gasteiger partial charge in [-0.2, -0.15) is 0 Å². The molecule has 2 heterocycles. The third-order valence-corrected chi connectivity index (χ3v) is 4.81. The van der Waals surface area contributed by atoms with Crippen LogP contribution in [0.2, 0.25) is 0 Å². The van der Waals surface area contributed by atoms with Crippen molar-refractivity contribution in [2.75, 3.05) is 43.5 Å². The van der Waals surface area contributed by atoms with E-state index in [0.717, 1.165) is 18.9 Å². The third-order valence-electron chi connectivity index (χ3n) is 4.81. The van der Waals surface area contributed by atoms with Crippen LogP contribution in [0.1, 0.15) is 40.0 Å². The number of amides is 1. The Morgan fingerprint density at radius 2 is 2.00 bits per heavy atom. The molecular weight excluding hydrogens is 316 g/mol. The van der Waals surface area contributed by atoms with Gasteiger partial charge in [0.2, 0.25) is 5.91 Å². The van der Waals surface area contributed by atoms with E-state index >= 15 is 0 Å². The Balaban J connectivity index is 1.89. The number of rotatable bonds is 6. The lowest BCUT2D eigenvalue weighted by molar-refractivity contribution is -0.118. The summed E-state index contributed by atoms with van der Waals surface area (Å²) >= 11 is 0. The quantitative estimate of drug-likeness (QED) is 0.826. The van der Waals surface area contributed by atoms with Crippen molar-refractivity contribution in [3.63, 3.8) is 0 Å². The van der Waals surface area contributed by atoms with E-state index in [1.165, 1.54) is 19.3 Å². The fourth-order valence-corrected chi connectivity index (χ4v) is 3.38. The van der Waals surface area contributed by atoms with Crippen LogP contribution < -0.4 is 10.2 Å². The maximum atomic E-state index is 12.3. The average Bonchev–Trinajstić information content (AvgIpc) is 2.55. The van der Waals surface area contributed by atoms with Crippen molar-refractivity contribution in [2.24, 2.45) is 5.41 Å². The summed E-state index contributed by atoms with van der Waals surface area (Å²) in [6.07, 6.45) is 5.44. The molecule has 0 radical (unpaired) electrons. The molecule has 2 N–H and O–H groups in total. The second-order valence-electron chi connectivity index (χ2n) is 7.98. The van der Waals surface area contributed by atoms with Gasteiger partial charge in [-0.25, -0.2) is 4.98 Å². The molecule has 6 heteroatoms. The fourth-order valence-electron chi connectivity index (χ4n) is 3.38. The van der Waals surface area contributed by atoms with Gasteiger partial charge in [-0.05, 0) is 43.9 Å². The molecule has 1 fully saturated rings. The number of aliphatic hydroxyl groups excluding tert-OH is 1. The molecule has 0 aliphatic carbocycles. The van der Waals surface area contributed by atoms with Gasteiger partial charge in [0, 0.05) is 19.1 Å². The predicted molar refractivity (Wildman–Crippen MR) is 102 cm³/mol. The molecule has 6 nitrogen and oxygen atoms in total. The topological polar surface area (TPSA) is 68.7 Å². The Bertz CT molecular complexity index is 548. The summed E-state index contributed by atoms with van der Waals surface area (Å²) in [7, 11) is 1.86. The van der Waals surface area contributed by atoms with Gasteiger partial charge in [0.25, 0.3) is 0 Å². The number of nitrogens with one attached hydrogen (secondary N) is 1. The molecule has 0 spiro atoms. The van der Waals surface area contributed by atoms with E-state index in [-0.39, 0.29) is 30.5 Å². The molecule has 1 aliphatic heterocycles. The highest BCUT2D eigenvalue weighted by molar-refractivity contribution is 5.92. The van der Waals surface area contributed by atoms with Crippen LogP contribution in [0.25, 0.3) is 0 Å². The maximum absolute atomic E-state index is 12.3. The molecule has 1 aromatic rings. The van der Waals surface area contributed by atoms with Gasteiger partial charge >= 0.3 is 0 Å². The smallest absolute Gasteiger partial charge is 0.238 e. The lowest BCUT2D eigenvalue weighted by Crippen LogP contribution is -2.47. The number of carbonyl (C=O) groups excluding carboxylic acids is 1. The zero-order valence-electron chi connectivity index (χ0n) is 16.0. The molecule has 140 valence electrons. The first-order chi connectivity index (χ1) is 11.8. The summed E-state index contributed by atoms with van der Waals surface area (Å²) in [6, 6.07) is 3.80. The SMILES string of the molecule is CN(CC(=O)Nc1ccc(N2CCCCC2)nc1)C(CO)C(C)(C)C. The molecule has 1 unspecified atom stereocenters. The van der Waals surface area contributed by atoms with Gasteiger partial charge in [0.05, 0.1) is 25.0 Å². The number of nitrogens with zero attached hydrogens (tertiary/aromatic N) is 3. The number of pyridine rings is 1. The normalized spacial score (nSPS) is 16.8. The predicted octanol–water partition coefficient (Wildman–Crippen LogP) is 2.35. The Hall–Kier alpha value is -1.66. The van der Waals surface area contributed by atoms with Gasteiger partial charge in [-0.15, -0.1) is 0 Å². The van der Waals surface area contributed by atoms with E-state index in [1.54, 1.807) is 6.20 Å². The summed E-state index contributed by atoms with van der Waals surface area (Å²) in [5.41, 5.74) is 0.608. The molecule has 0 bridgehead atoms. The van der Waals surface area contributed by atoms with Crippen molar-refractivity contribution in [2.45, 2.75) is 46.1 Å². The molecule has 1 aromatic heterocycles. The first-order valence-corrected chi connectivity index (χ1v) is 9.13. The van der Waals surface area contributed by atoms with E-state index in [1.807, 2.05) is 24.1 Å². The molecule has 0 saturated carbocycles. The Labute approximate surface area is 151 Å².